The largest absolute Gasteiger partial charge is 0.480 e. The Morgan fingerprint density at radius 1 is 1.33 bits per heavy atom. The van der Waals surface area contributed by atoms with Crippen LogP contribution in [0.1, 0.15) is 18.3 Å². The number of benzene rings is 1. The lowest BCUT2D eigenvalue weighted by atomic mass is 10.2. The van der Waals surface area contributed by atoms with Crippen LogP contribution in [-0.2, 0) is 16.0 Å². The van der Waals surface area contributed by atoms with Gasteiger partial charge in [-0.25, -0.2) is 4.68 Å². The molecule has 1 aromatic carbocycles. The summed E-state index contributed by atoms with van der Waals surface area (Å²) in [6.07, 6.45) is -0.00368. The summed E-state index contributed by atoms with van der Waals surface area (Å²) in [7, 11) is 0. The Labute approximate surface area is 121 Å². The van der Waals surface area contributed by atoms with Gasteiger partial charge < -0.3 is 10.4 Å². The van der Waals surface area contributed by atoms with Gasteiger partial charge in [-0.05, 0) is 26.0 Å². The fourth-order valence-electron chi connectivity index (χ4n) is 1.84. The fourth-order valence-corrected chi connectivity index (χ4v) is 1.84. The first kappa shape index (κ1) is 14.7. The molecule has 0 aliphatic rings. The second-order valence-corrected chi connectivity index (χ2v) is 4.67. The molecule has 0 spiro atoms. The van der Waals surface area contributed by atoms with Crippen molar-refractivity contribution in [2.45, 2.75) is 26.3 Å². The Kier molecular flexibility index (Phi) is 4.32. The number of hydrogen-bond acceptors (Lipinski definition) is 4. The van der Waals surface area contributed by atoms with Crippen molar-refractivity contribution in [3.63, 3.8) is 0 Å². The highest BCUT2D eigenvalue weighted by Gasteiger charge is 2.17. The van der Waals surface area contributed by atoms with Crippen LogP contribution in [0.3, 0.4) is 0 Å². The molecule has 1 amide bonds. The van der Waals surface area contributed by atoms with Crippen molar-refractivity contribution in [2.24, 2.45) is 0 Å². The average Bonchev–Trinajstić information content (AvgIpc) is 2.81. The van der Waals surface area contributed by atoms with Crippen LogP contribution in [0, 0.1) is 6.92 Å². The van der Waals surface area contributed by atoms with Crippen molar-refractivity contribution >= 4 is 11.9 Å². The van der Waals surface area contributed by atoms with Crippen LogP contribution in [-0.4, -0.2) is 38.0 Å². The zero-order valence-corrected chi connectivity index (χ0v) is 11.8. The Morgan fingerprint density at radius 3 is 2.62 bits per heavy atom. The standard InChI is InChI=1S/C14H16N4O3/c1-9(14(20)21)15-13(19)8-12-10(2)18(17-16-12)11-6-4-3-5-7-11/h3-7,9H,8H2,1-2H3,(H,15,19)(H,20,21). The Morgan fingerprint density at radius 2 is 2.00 bits per heavy atom. The molecule has 0 saturated carbocycles. The molecule has 7 nitrogen and oxygen atoms in total. The summed E-state index contributed by atoms with van der Waals surface area (Å²) in [5.41, 5.74) is 2.13. The first-order chi connectivity index (χ1) is 9.99. The van der Waals surface area contributed by atoms with Crippen molar-refractivity contribution in [1.82, 2.24) is 20.3 Å². The smallest absolute Gasteiger partial charge is 0.325 e. The number of carboxylic acid groups (broad SMARTS) is 1. The van der Waals surface area contributed by atoms with E-state index >= 15 is 0 Å². The maximum atomic E-state index is 11.8. The third kappa shape index (κ3) is 3.44. The van der Waals surface area contributed by atoms with Crippen LogP contribution in [0.4, 0.5) is 0 Å². The topological polar surface area (TPSA) is 97.1 Å². The lowest BCUT2D eigenvalue weighted by molar-refractivity contribution is -0.141. The Hall–Kier alpha value is -2.70. The monoisotopic (exact) mass is 288 g/mol. The first-order valence-electron chi connectivity index (χ1n) is 6.48. The van der Waals surface area contributed by atoms with Crippen molar-refractivity contribution in [3.8, 4) is 5.69 Å². The zero-order chi connectivity index (χ0) is 15.4. The molecule has 1 heterocycles. The number of para-hydroxylation sites is 1. The average molecular weight is 288 g/mol. The Bertz CT molecular complexity index is 651. The van der Waals surface area contributed by atoms with Gasteiger partial charge in [-0.15, -0.1) is 5.10 Å². The van der Waals surface area contributed by atoms with Gasteiger partial charge in [-0.3, -0.25) is 9.59 Å². The van der Waals surface area contributed by atoms with Crippen LogP contribution in [0.25, 0.3) is 5.69 Å². The molecular formula is C14H16N4O3. The zero-order valence-electron chi connectivity index (χ0n) is 11.8. The van der Waals surface area contributed by atoms with E-state index in [0.717, 1.165) is 11.4 Å². The van der Waals surface area contributed by atoms with E-state index in [4.69, 9.17) is 5.11 Å². The van der Waals surface area contributed by atoms with Gasteiger partial charge in [-0.2, -0.15) is 0 Å². The number of amides is 1. The molecule has 7 heteroatoms. The lowest BCUT2D eigenvalue weighted by Crippen LogP contribution is -2.39. The normalized spacial score (nSPS) is 11.9. The van der Waals surface area contributed by atoms with Crippen LogP contribution in [0.15, 0.2) is 30.3 Å². The van der Waals surface area contributed by atoms with Gasteiger partial charge in [-0.1, -0.05) is 23.4 Å². The molecule has 0 radical (unpaired) electrons. The van der Waals surface area contributed by atoms with Gasteiger partial charge in [0, 0.05) is 0 Å². The number of carbonyl (C=O) groups excluding carboxylic acids is 1. The van der Waals surface area contributed by atoms with E-state index in [1.54, 1.807) is 4.68 Å². The van der Waals surface area contributed by atoms with Crippen LogP contribution < -0.4 is 5.32 Å². The molecule has 21 heavy (non-hydrogen) atoms. The lowest BCUT2D eigenvalue weighted by Gasteiger charge is -2.08. The first-order valence-corrected chi connectivity index (χ1v) is 6.48. The maximum absolute atomic E-state index is 11.8. The number of nitrogens with one attached hydrogen (secondary N) is 1. The van der Waals surface area contributed by atoms with E-state index in [-0.39, 0.29) is 6.42 Å². The third-order valence-electron chi connectivity index (χ3n) is 3.07. The molecule has 2 aromatic rings. The maximum Gasteiger partial charge on any atom is 0.325 e. The second-order valence-electron chi connectivity index (χ2n) is 4.67. The van der Waals surface area contributed by atoms with E-state index in [0.29, 0.717) is 5.69 Å². The quantitative estimate of drug-likeness (QED) is 0.844. The number of nitrogens with zero attached hydrogens (tertiary/aromatic N) is 3. The molecule has 0 fully saturated rings. The number of rotatable bonds is 5. The SMILES string of the molecule is Cc1c(CC(=O)NC(C)C(=O)O)nnn1-c1ccccc1. The summed E-state index contributed by atoms with van der Waals surface area (Å²) in [6.45, 7) is 3.23. The highest BCUT2D eigenvalue weighted by molar-refractivity contribution is 5.84. The van der Waals surface area contributed by atoms with E-state index in [2.05, 4.69) is 15.6 Å². The third-order valence-corrected chi connectivity index (χ3v) is 3.07. The number of aliphatic carboxylic acids is 1. The van der Waals surface area contributed by atoms with Crippen molar-refractivity contribution in [1.29, 1.82) is 0 Å². The molecule has 1 aromatic heterocycles. The van der Waals surface area contributed by atoms with Gasteiger partial charge in [0.2, 0.25) is 5.91 Å². The van der Waals surface area contributed by atoms with Crippen molar-refractivity contribution < 1.29 is 14.7 Å². The van der Waals surface area contributed by atoms with E-state index in [1.165, 1.54) is 6.92 Å². The molecule has 0 aliphatic heterocycles. The fraction of sp³-hybridized carbons (Fsp3) is 0.286. The molecule has 2 rings (SSSR count). The highest BCUT2D eigenvalue weighted by atomic mass is 16.4. The molecule has 1 atom stereocenters. The van der Waals surface area contributed by atoms with E-state index in [9.17, 15) is 9.59 Å². The summed E-state index contributed by atoms with van der Waals surface area (Å²) in [6, 6.07) is 8.52. The number of aromatic nitrogens is 3. The predicted octanol–water partition coefficient (Wildman–Crippen LogP) is 0.708. The van der Waals surface area contributed by atoms with E-state index < -0.39 is 17.9 Å². The minimum absolute atomic E-state index is 0.00368. The van der Waals surface area contributed by atoms with Gasteiger partial charge >= 0.3 is 5.97 Å². The van der Waals surface area contributed by atoms with Crippen molar-refractivity contribution in [2.75, 3.05) is 0 Å². The molecule has 0 saturated heterocycles. The molecule has 0 aliphatic carbocycles. The number of carbonyl (C=O) groups is 2. The predicted molar refractivity (Wildman–Crippen MR) is 75.0 cm³/mol. The van der Waals surface area contributed by atoms with Gasteiger partial charge in [0.15, 0.2) is 0 Å². The summed E-state index contributed by atoms with van der Waals surface area (Å²) >= 11 is 0. The van der Waals surface area contributed by atoms with Gasteiger partial charge in [0.1, 0.15) is 6.04 Å². The Balaban J connectivity index is 2.11. The summed E-state index contributed by atoms with van der Waals surface area (Å²) in [4.78, 5) is 22.5. The molecule has 1 unspecified atom stereocenters. The minimum Gasteiger partial charge on any atom is -0.480 e. The van der Waals surface area contributed by atoms with Gasteiger partial charge in [0.25, 0.3) is 0 Å². The number of carboxylic acids is 1. The molecule has 0 bridgehead atoms. The van der Waals surface area contributed by atoms with Gasteiger partial charge in [0.05, 0.1) is 23.5 Å². The minimum atomic E-state index is -1.08. The highest BCUT2D eigenvalue weighted by Crippen LogP contribution is 2.12. The van der Waals surface area contributed by atoms with E-state index in [1.807, 2.05) is 37.3 Å². The second kappa shape index (κ2) is 6.17. The van der Waals surface area contributed by atoms with Crippen LogP contribution >= 0.6 is 0 Å². The molecular weight excluding hydrogens is 272 g/mol. The van der Waals surface area contributed by atoms with Crippen LogP contribution in [0.2, 0.25) is 0 Å². The summed E-state index contributed by atoms with van der Waals surface area (Å²) in [5, 5.41) is 19.2. The summed E-state index contributed by atoms with van der Waals surface area (Å²) in [5.74, 6) is -1.47. The van der Waals surface area contributed by atoms with Crippen molar-refractivity contribution in [3.05, 3.63) is 41.7 Å². The van der Waals surface area contributed by atoms with Crippen LogP contribution in [0.5, 0.6) is 0 Å². The molecule has 2 N–H and O–H groups in total. The number of hydrogen-bond donors (Lipinski definition) is 2. The molecule has 110 valence electrons. The summed E-state index contributed by atoms with van der Waals surface area (Å²) < 4.78 is 1.64.